The molecule has 0 aromatic rings. The van der Waals surface area contributed by atoms with Gasteiger partial charge >= 0.3 is 6.18 Å². The summed E-state index contributed by atoms with van der Waals surface area (Å²) in [6, 6.07) is 0. The number of piperidine rings is 1. The molecule has 1 aliphatic heterocycles. The summed E-state index contributed by atoms with van der Waals surface area (Å²) in [7, 11) is 0. The monoisotopic (exact) mass is 479 g/mol. The molecule has 4 fully saturated rings. The molecule has 4 rings (SSSR count). The number of aliphatic hydroxyl groups excluding tert-OH is 1. The molecule has 5 heteroatoms. The predicted octanol–water partition coefficient (Wildman–Crippen LogP) is 7.31. The maximum atomic E-state index is 13.0. The van der Waals surface area contributed by atoms with Crippen LogP contribution in [0.2, 0.25) is 0 Å². The fourth-order valence-electron chi connectivity index (χ4n) is 7.82. The van der Waals surface area contributed by atoms with Crippen LogP contribution in [0.5, 0.6) is 0 Å². The maximum absolute atomic E-state index is 13.0. The number of nitrogens with zero attached hydrogens (tertiary/aromatic N) is 1. The maximum Gasteiger partial charge on any atom is 0.391 e. The second kappa shape index (κ2) is 10.1. The summed E-state index contributed by atoms with van der Waals surface area (Å²) in [5, 5.41) is 10.4. The zero-order valence-corrected chi connectivity index (χ0v) is 21.3. The van der Waals surface area contributed by atoms with E-state index >= 15 is 0 Å². The van der Waals surface area contributed by atoms with Crippen LogP contribution in [0.1, 0.15) is 78.6 Å². The van der Waals surface area contributed by atoms with E-state index in [9.17, 15) is 18.3 Å². The third kappa shape index (κ3) is 5.21. The summed E-state index contributed by atoms with van der Waals surface area (Å²) in [5.74, 6) is 0.900. The van der Waals surface area contributed by atoms with Crippen LogP contribution < -0.4 is 0 Å². The summed E-state index contributed by atoms with van der Waals surface area (Å²) >= 11 is 0. The van der Waals surface area contributed by atoms with Gasteiger partial charge in [0, 0.05) is 6.54 Å². The molecule has 3 saturated carbocycles. The first kappa shape index (κ1) is 26.0. The molecule has 0 amide bonds. The molecule has 1 N–H and O–H groups in total. The average Bonchev–Trinajstić information content (AvgIpc) is 3.14. The Hall–Kier alpha value is -1.07. The van der Waals surface area contributed by atoms with E-state index in [0.29, 0.717) is 30.8 Å². The molecule has 1 saturated heterocycles. The van der Waals surface area contributed by atoms with Gasteiger partial charge in [-0.3, -0.25) is 0 Å². The van der Waals surface area contributed by atoms with E-state index in [1.807, 2.05) is 0 Å². The largest absolute Gasteiger partial charge is 0.391 e. The van der Waals surface area contributed by atoms with Crippen LogP contribution in [0, 0.1) is 35.0 Å². The Morgan fingerprint density at radius 1 is 1.12 bits per heavy atom. The molecule has 4 aliphatic rings. The summed E-state index contributed by atoms with van der Waals surface area (Å²) in [6.07, 6.45) is 8.68. The Labute approximate surface area is 204 Å². The minimum atomic E-state index is -4.04. The topological polar surface area (TPSA) is 23.5 Å². The summed E-state index contributed by atoms with van der Waals surface area (Å²) in [4.78, 5) is 2.29. The number of alkyl halides is 3. The predicted molar refractivity (Wildman–Crippen MR) is 132 cm³/mol. The van der Waals surface area contributed by atoms with Gasteiger partial charge in [-0.05, 0) is 111 Å². The Bertz CT molecular complexity index is 807. The quantitative estimate of drug-likeness (QED) is 0.457. The Balaban J connectivity index is 1.40. The van der Waals surface area contributed by atoms with Crippen molar-refractivity contribution in [2.45, 2.75) is 90.8 Å². The summed E-state index contributed by atoms with van der Waals surface area (Å²) < 4.78 is 39.1. The fraction of sp³-hybridized carbons (Fsp3) is 0.793. The van der Waals surface area contributed by atoms with E-state index in [1.54, 1.807) is 5.57 Å². The van der Waals surface area contributed by atoms with Crippen LogP contribution in [0.25, 0.3) is 0 Å². The number of allylic oxidation sites excluding steroid dienone is 3. The lowest BCUT2D eigenvalue weighted by atomic mass is 9.61. The number of rotatable bonds is 4. The summed E-state index contributed by atoms with van der Waals surface area (Å²) in [5.41, 5.74) is 3.93. The SMILES string of the molecule is C=C1/C(=C\C=C2/CCCC3(C)C2CCC3[C@@H](C)CN2CCC(C(F)(F)F)CC2)CC[C@H](C)C1O. The van der Waals surface area contributed by atoms with Gasteiger partial charge in [0.2, 0.25) is 0 Å². The van der Waals surface area contributed by atoms with Crippen LogP contribution in [-0.2, 0) is 0 Å². The first-order chi connectivity index (χ1) is 16.0. The van der Waals surface area contributed by atoms with Crippen molar-refractivity contribution in [1.29, 1.82) is 0 Å². The van der Waals surface area contributed by atoms with E-state index in [0.717, 1.165) is 31.4 Å². The Kier molecular flexibility index (Phi) is 7.74. The van der Waals surface area contributed by atoms with Gasteiger partial charge in [0.15, 0.2) is 0 Å². The van der Waals surface area contributed by atoms with Gasteiger partial charge in [0.1, 0.15) is 0 Å². The van der Waals surface area contributed by atoms with E-state index in [4.69, 9.17) is 0 Å². The van der Waals surface area contributed by atoms with Crippen molar-refractivity contribution in [3.63, 3.8) is 0 Å². The van der Waals surface area contributed by atoms with Crippen molar-refractivity contribution < 1.29 is 18.3 Å². The van der Waals surface area contributed by atoms with Gasteiger partial charge < -0.3 is 10.0 Å². The van der Waals surface area contributed by atoms with Gasteiger partial charge in [0.25, 0.3) is 0 Å². The molecule has 0 radical (unpaired) electrons. The highest BCUT2D eigenvalue weighted by molar-refractivity contribution is 5.38. The minimum absolute atomic E-state index is 0.251. The number of fused-ring (bicyclic) bond motifs is 1. The highest BCUT2D eigenvalue weighted by Crippen LogP contribution is 2.59. The fourth-order valence-corrected chi connectivity index (χ4v) is 7.82. The van der Waals surface area contributed by atoms with E-state index in [2.05, 4.69) is 44.4 Å². The first-order valence-electron chi connectivity index (χ1n) is 13.6. The molecule has 1 heterocycles. The normalized spacial score (nSPS) is 39.6. The number of likely N-dealkylation sites (tertiary alicyclic amines) is 1. The molecule has 4 unspecified atom stereocenters. The van der Waals surface area contributed by atoms with Gasteiger partial charge in [0.05, 0.1) is 12.0 Å². The third-order valence-electron chi connectivity index (χ3n) is 10.00. The van der Waals surface area contributed by atoms with Crippen molar-refractivity contribution in [2.24, 2.45) is 35.0 Å². The number of halogens is 3. The molecule has 0 aromatic carbocycles. The lowest BCUT2D eigenvalue weighted by molar-refractivity contribution is -0.185. The van der Waals surface area contributed by atoms with Crippen molar-refractivity contribution >= 4 is 0 Å². The lowest BCUT2D eigenvalue weighted by Gasteiger charge is -2.45. The molecule has 0 spiro atoms. The van der Waals surface area contributed by atoms with Crippen molar-refractivity contribution in [3.8, 4) is 0 Å². The van der Waals surface area contributed by atoms with Gasteiger partial charge in [-0.25, -0.2) is 0 Å². The van der Waals surface area contributed by atoms with E-state index in [-0.39, 0.29) is 24.2 Å². The molecule has 0 aromatic heterocycles. The van der Waals surface area contributed by atoms with Crippen LogP contribution in [0.3, 0.4) is 0 Å². The smallest absolute Gasteiger partial charge is 0.388 e. The zero-order valence-electron chi connectivity index (χ0n) is 21.3. The molecule has 0 bridgehead atoms. The van der Waals surface area contributed by atoms with E-state index in [1.165, 1.54) is 31.3 Å². The minimum Gasteiger partial charge on any atom is -0.388 e. The van der Waals surface area contributed by atoms with E-state index < -0.39 is 18.2 Å². The van der Waals surface area contributed by atoms with Gasteiger partial charge in [-0.1, -0.05) is 45.1 Å². The molecular formula is C29H44F3NO. The average molecular weight is 480 g/mol. The van der Waals surface area contributed by atoms with Crippen LogP contribution in [0.4, 0.5) is 13.2 Å². The van der Waals surface area contributed by atoms with Crippen molar-refractivity contribution in [3.05, 3.63) is 35.5 Å². The molecule has 3 aliphatic carbocycles. The zero-order chi connectivity index (χ0) is 24.7. The van der Waals surface area contributed by atoms with Gasteiger partial charge in [-0.15, -0.1) is 0 Å². The van der Waals surface area contributed by atoms with Crippen molar-refractivity contribution in [1.82, 2.24) is 4.90 Å². The van der Waals surface area contributed by atoms with Crippen LogP contribution >= 0.6 is 0 Å². The number of hydrogen-bond acceptors (Lipinski definition) is 2. The Morgan fingerprint density at radius 3 is 2.50 bits per heavy atom. The standard InChI is InChI=1S/C29H44F3NO/c1-19-7-8-22(21(3)27(19)34)9-10-23-6-5-15-28(4)25(11-12-26(23)28)20(2)18-33-16-13-24(14-17-33)29(30,31)32/h9-10,19-20,24-27,34H,3,5-8,11-18H2,1-2,4H3/b22-9-,23-10+/t19-,20-,25?,26?,27?,28?/m0/s1. The molecule has 6 atom stereocenters. The number of hydrogen-bond donors (Lipinski definition) is 1. The summed E-state index contributed by atoms with van der Waals surface area (Å²) in [6.45, 7) is 13.2. The first-order valence-corrected chi connectivity index (χ1v) is 13.6. The number of aliphatic hydroxyl groups is 1. The molecular weight excluding hydrogens is 435 g/mol. The van der Waals surface area contributed by atoms with Crippen LogP contribution in [-0.4, -0.2) is 41.9 Å². The molecule has 192 valence electrons. The molecule has 34 heavy (non-hydrogen) atoms. The lowest BCUT2D eigenvalue weighted by Crippen LogP contribution is -2.44. The second-order valence-corrected chi connectivity index (χ2v) is 12.1. The third-order valence-corrected chi connectivity index (χ3v) is 10.00. The highest BCUT2D eigenvalue weighted by atomic mass is 19.4. The highest BCUT2D eigenvalue weighted by Gasteiger charge is 2.51. The Morgan fingerprint density at radius 2 is 1.82 bits per heavy atom. The second-order valence-electron chi connectivity index (χ2n) is 12.1. The van der Waals surface area contributed by atoms with Crippen molar-refractivity contribution in [2.75, 3.05) is 19.6 Å². The van der Waals surface area contributed by atoms with Crippen LogP contribution in [0.15, 0.2) is 35.5 Å². The van der Waals surface area contributed by atoms with Gasteiger partial charge in [-0.2, -0.15) is 13.2 Å². The molecule has 2 nitrogen and oxygen atoms in total.